The Bertz CT molecular complexity index is 1180. The summed E-state index contributed by atoms with van der Waals surface area (Å²) >= 11 is 9.15. The maximum atomic E-state index is 12.7. The van der Waals surface area contributed by atoms with Gasteiger partial charge in [-0.15, -0.1) is 22.7 Å². The summed E-state index contributed by atoms with van der Waals surface area (Å²) in [7, 11) is 1.54. The lowest BCUT2D eigenvalue weighted by atomic mass is 10.1. The molecule has 4 rings (SSSR count). The van der Waals surface area contributed by atoms with Crippen molar-refractivity contribution in [1.29, 1.82) is 0 Å². The number of hydrogen-bond acceptors (Lipinski definition) is 7. The third-order valence-electron chi connectivity index (χ3n) is 4.38. The van der Waals surface area contributed by atoms with Crippen LogP contribution in [0.4, 0.5) is 5.13 Å². The molecule has 31 heavy (non-hydrogen) atoms. The molecule has 0 fully saturated rings. The topological polar surface area (TPSA) is 73.3 Å². The maximum Gasteiger partial charge on any atom is 0.257 e. The monoisotopic (exact) mass is 471 g/mol. The molecule has 0 atom stereocenters. The molecule has 0 aliphatic heterocycles. The molecule has 0 aliphatic carbocycles. The number of aromatic nitrogens is 2. The quantitative estimate of drug-likeness (QED) is 0.357. The molecule has 0 unspecified atom stereocenters. The number of rotatable bonds is 8. The summed E-state index contributed by atoms with van der Waals surface area (Å²) in [6.07, 6.45) is 2.41. The Morgan fingerprint density at radius 2 is 2.03 bits per heavy atom. The summed E-state index contributed by atoms with van der Waals surface area (Å²) < 4.78 is 11.2. The molecule has 0 saturated carbocycles. The number of thiazole rings is 2. The first-order valence-electron chi connectivity index (χ1n) is 9.29. The predicted molar refractivity (Wildman–Crippen MR) is 124 cm³/mol. The Kier molecular flexibility index (Phi) is 6.81. The van der Waals surface area contributed by atoms with Crippen LogP contribution in [0.5, 0.6) is 11.5 Å². The van der Waals surface area contributed by atoms with E-state index in [9.17, 15) is 4.79 Å². The molecule has 2 aromatic carbocycles. The van der Waals surface area contributed by atoms with Crippen LogP contribution in [0.1, 0.15) is 26.5 Å². The molecule has 6 nitrogen and oxygen atoms in total. The fraction of sp³-hybridized carbons (Fsp3) is 0.136. The van der Waals surface area contributed by atoms with E-state index in [2.05, 4.69) is 15.3 Å². The zero-order valence-electron chi connectivity index (χ0n) is 16.5. The van der Waals surface area contributed by atoms with Crippen molar-refractivity contribution in [1.82, 2.24) is 9.97 Å². The van der Waals surface area contributed by atoms with Crippen molar-refractivity contribution in [2.45, 2.75) is 13.0 Å². The van der Waals surface area contributed by atoms with Crippen molar-refractivity contribution in [2.24, 2.45) is 0 Å². The number of anilines is 1. The van der Waals surface area contributed by atoms with Crippen LogP contribution in [0.25, 0.3) is 0 Å². The fourth-order valence-electron chi connectivity index (χ4n) is 2.83. The fourth-order valence-corrected chi connectivity index (χ4v) is 4.41. The summed E-state index contributed by atoms with van der Waals surface area (Å²) in [6.45, 7) is 0.332. The number of hydrogen-bond donors (Lipinski definition) is 1. The van der Waals surface area contributed by atoms with E-state index < -0.39 is 0 Å². The Balaban J connectivity index is 1.41. The molecule has 0 saturated heterocycles. The van der Waals surface area contributed by atoms with Gasteiger partial charge in [0.2, 0.25) is 0 Å². The van der Waals surface area contributed by atoms with Gasteiger partial charge in [-0.25, -0.2) is 9.97 Å². The number of carbonyl (C=O) groups excluding carboxylic acids is 1. The molecule has 1 amide bonds. The van der Waals surface area contributed by atoms with E-state index in [0.29, 0.717) is 40.2 Å². The number of methoxy groups -OCH3 is 1. The van der Waals surface area contributed by atoms with Crippen molar-refractivity contribution >= 4 is 45.3 Å². The average Bonchev–Trinajstić information content (AvgIpc) is 3.46. The summed E-state index contributed by atoms with van der Waals surface area (Å²) in [5.41, 5.74) is 4.05. The first-order valence-corrected chi connectivity index (χ1v) is 11.4. The van der Waals surface area contributed by atoms with Crippen LogP contribution in [-0.4, -0.2) is 23.0 Å². The van der Waals surface area contributed by atoms with Gasteiger partial charge in [-0.05, 0) is 29.8 Å². The van der Waals surface area contributed by atoms with E-state index in [1.54, 1.807) is 29.9 Å². The largest absolute Gasteiger partial charge is 0.493 e. The van der Waals surface area contributed by atoms with Gasteiger partial charge in [0.1, 0.15) is 6.61 Å². The summed E-state index contributed by atoms with van der Waals surface area (Å²) in [6, 6.07) is 12.7. The Morgan fingerprint density at radius 3 is 2.81 bits per heavy atom. The minimum Gasteiger partial charge on any atom is -0.493 e. The molecular formula is C22H18ClN3O3S2. The van der Waals surface area contributed by atoms with E-state index in [-0.39, 0.29) is 5.91 Å². The van der Waals surface area contributed by atoms with E-state index in [0.717, 1.165) is 16.1 Å². The van der Waals surface area contributed by atoms with Crippen molar-refractivity contribution < 1.29 is 14.3 Å². The lowest BCUT2D eigenvalue weighted by molar-refractivity contribution is 0.102. The van der Waals surface area contributed by atoms with E-state index in [4.69, 9.17) is 21.1 Å². The standard InChI is InChI=1S/C22H18ClN3O3S2/c1-28-20-9-15(6-7-19(20)29-11-16-12-30-13-25-16)21(27)26-22-24-10-17(31-22)8-14-4-2-3-5-18(14)23/h2-7,9-10,12-13H,8,11H2,1H3,(H,24,26,27). The second kappa shape index (κ2) is 9.91. The first-order chi connectivity index (χ1) is 15.1. The van der Waals surface area contributed by atoms with Gasteiger partial charge in [-0.3, -0.25) is 10.1 Å². The number of carbonyl (C=O) groups is 1. The van der Waals surface area contributed by atoms with Crippen LogP contribution in [0, 0.1) is 0 Å². The molecule has 0 bridgehead atoms. The molecule has 0 aliphatic rings. The highest BCUT2D eigenvalue weighted by Crippen LogP contribution is 2.30. The van der Waals surface area contributed by atoms with Crippen molar-refractivity contribution in [3.8, 4) is 11.5 Å². The zero-order valence-corrected chi connectivity index (χ0v) is 18.9. The second-order valence-electron chi connectivity index (χ2n) is 6.49. The van der Waals surface area contributed by atoms with Crippen LogP contribution >= 0.6 is 34.3 Å². The summed E-state index contributed by atoms with van der Waals surface area (Å²) in [4.78, 5) is 22.2. The minimum absolute atomic E-state index is 0.275. The Hall–Kier alpha value is -2.94. The van der Waals surface area contributed by atoms with Gasteiger partial charge < -0.3 is 9.47 Å². The van der Waals surface area contributed by atoms with Gasteiger partial charge in [0.25, 0.3) is 5.91 Å². The van der Waals surface area contributed by atoms with Crippen LogP contribution in [0.15, 0.2) is 59.6 Å². The van der Waals surface area contributed by atoms with Crippen molar-refractivity contribution in [2.75, 3.05) is 12.4 Å². The third-order valence-corrected chi connectivity index (χ3v) is 6.30. The van der Waals surface area contributed by atoms with Crippen molar-refractivity contribution in [3.05, 3.63) is 86.3 Å². The van der Waals surface area contributed by atoms with Crippen LogP contribution in [0.3, 0.4) is 0 Å². The highest BCUT2D eigenvalue weighted by atomic mass is 35.5. The Morgan fingerprint density at radius 1 is 1.16 bits per heavy atom. The molecule has 2 aromatic heterocycles. The van der Waals surface area contributed by atoms with E-state index in [1.165, 1.54) is 29.8 Å². The number of amides is 1. The number of ether oxygens (including phenoxy) is 2. The SMILES string of the molecule is COc1cc(C(=O)Nc2ncc(Cc3ccccc3Cl)s2)ccc1OCc1cscn1. The molecule has 4 aromatic rings. The lowest BCUT2D eigenvalue weighted by Crippen LogP contribution is -2.12. The van der Waals surface area contributed by atoms with Gasteiger partial charge in [-0.2, -0.15) is 0 Å². The normalized spacial score (nSPS) is 10.6. The van der Waals surface area contributed by atoms with Crippen LogP contribution in [0.2, 0.25) is 5.02 Å². The average molecular weight is 472 g/mol. The van der Waals surface area contributed by atoms with Gasteiger partial charge in [0.15, 0.2) is 16.6 Å². The van der Waals surface area contributed by atoms with Gasteiger partial charge in [-0.1, -0.05) is 29.8 Å². The smallest absolute Gasteiger partial charge is 0.257 e. The van der Waals surface area contributed by atoms with E-state index in [1.807, 2.05) is 29.6 Å². The molecule has 2 heterocycles. The lowest BCUT2D eigenvalue weighted by Gasteiger charge is -2.11. The van der Waals surface area contributed by atoms with E-state index >= 15 is 0 Å². The number of nitrogens with zero attached hydrogens (tertiary/aromatic N) is 2. The van der Waals surface area contributed by atoms with Gasteiger partial charge in [0, 0.05) is 33.5 Å². The Labute approximate surface area is 192 Å². The molecule has 158 valence electrons. The number of benzene rings is 2. The zero-order chi connectivity index (χ0) is 21.6. The molecular weight excluding hydrogens is 454 g/mol. The predicted octanol–water partition coefficient (Wildman–Crippen LogP) is 5.68. The summed E-state index contributed by atoms with van der Waals surface area (Å²) in [5, 5.41) is 5.99. The van der Waals surface area contributed by atoms with Crippen LogP contribution < -0.4 is 14.8 Å². The molecule has 0 spiro atoms. The molecule has 0 radical (unpaired) electrons. The minimum atomic E-state index is -0.275. The maximum absolute atomic E-state index is 12.7. The number of nitrogens with one attached hydrogen (secondary N) is 1. The first kappa shape index (κ1) is 21.3. The van der Waals surface area contributed by atoms with Gasteiger partial charge in [0.05, 0.1) is 18.3 Å². The molecule has 9 heteroatoms. The second-order valence-corrected chi connectivity index (χ2v) is 8.73. The van der Waals surface area contributed by atoms with Gasteiger partial charge >= 0.3 is 0 Å². The third kappa shape index (κ3) is 5.41. The van der Waals surface area contributed by atoms with Crippen LogP contribution in [-0.2, 0) is 13.0 Å². The van der Waals surface area contributed by atoms with Crippen molar-refractivity contribution in [3.63, 3.8) is 0 Å². The summed E-state index contributed by atoms with van der Waals surface area (Å²) in [5.74, 6) is 0.743. The molecule has 1 N–H and O–H groups in total. The highest BCUT2D eigenvalue weighted by molar-refractivity contribution is 7.15. The highest BCUT2D eigenvalue weighted by Gasteiger charge is 2.14. The number of halogens is 1.